The first kappa shape index (κ1) is 25.2. The number of ether oxygens (including phenoxy) is 1. The highest BCUT2D eigenvalue weighted by atomic mass is 32.2. The standard InChI is InChI=1S/C24H28F2N4O4S/c1-14-18(9-8-17-7-6-16(12-29-17)19-5-4-10-28-22(19)34-3)21-15(2)30-35(32,33)23(21,11-20(27)31)13-24(14,25)26/h4-10,12,14-15,18,21,30H,11,13H2,1-3H3,(H2,27,31)/t14-,15+,18-,21-,23+/m0/s1. The minimum absolute atomic E-state index is 0.450. The molecule has 3 heterocycles. The van der Waals surface area contributed by atoms with E-state index in [9.17, 15) is 13.2 Å². The molecule has 5 atom stereocenters. The third-order valence-electron chi connectivity index (χ3n) is 7.24. The van der Waals surface area contributed by atoms with Crippen molar-refractivity contribution in [1.82, 2.24) is 14.7 Å². The van der Waals surface area contributed by atoms with Crippen LogP contribution < -0.4 is 15.2 Å². The number of carbonyl (C=O) groups is 1. The minimum Gasteiger partial charge on any atom is -0.481 e. The summed E-state index contributed by atoms with van der Waals surface area (Å²) in [7, 11) is -2.68. The van der Waals surface area contributed by atoms with E-state index in [1.54, 1.807) is 43.6 Å². The molecule has 0 radical (unpaired) electrons. The number of alkyl halides is 2. The Bertz CT molecular complexity index is 1250. The molecule has 2 fully saturated rings. The van der Waals surface area contributed by atoms with E-state index in [1.807, 2.05) is 12.1 Å². The summed E-state index contributed by atoms with van der Waals surface area (Å²) in [4.78, 5) is 20.4. The maximum absolute atomic E-state index is 15.2. The maximum Gasteiger partial charge on any atom is 0.252 e. The molecule has 11 heteroatoms. The Morgan fingerprint density at radius 2 is 2.03 bits per heavy atom. The summed E-state index contributed by atoms with van der Waals surface area (Å²) in [5, 5.41) is 0. The highest BCUT2D eigenvalue weighted by molar-refractivity contribution is 7.91. The van der Waals surface area contributed by atoms with E-state index >= 15 is 8.78 Å². The molecule has 188 valence electrons. The lowest BCUT2D eigenvalue weighted by atomic mass is 9.61. The van der Waals surface area contributed by atoms with E-state index in [0.29, 0.717) is 11.6 Å². The number of nitrogens with zero attached hydrogens (tertiary/aromatic N) is 2. The van der Waals surface area contributed by atoms with Crippen LogP contribution in [-0.2, 0) is 14.8 Å². The van der Waals surface area contributed by atoms with Crippen LogP contribution in [0.4, 0.5) is 8.78 Å². The molecule has 1 amide bonds. The maximum atomic E-state index is 15.2. The Balaban J connectivity index is 1.69. The van der Waals surface area contributed by atoms with Crippen molar-refractivity contribution >= 4 is 22.0 Å². The van der Waals surface area contributed by atoms with Gasteiger partial charge in [0, 0.05) is 54.2 Å². The molecule has 1 aliphatic carbocycles. The summed E-state index contributed by atoms with van der Waals surface area (Å²) in [5.74, 6) is -6.53. The highest BCUT2D eigenvalue weighted by Crippen LogP contribution is 2.58. The highest BCUT2D eigenvalue weighted by Gasteiger charge is 2.69. The molecule has 2 aliphatic rings. The molecule has 2 aromatic heterocycles. The number of methoxy groups -OCH3 is 1. The van der Waals surface area contributed by atoms with Gasteiger partial charge in [-0.05, 0) is 37.1 Å². The van der Waals surface area contributed by atoms with Crippen molar-refractivity contribution in [3.8, 4) is 17.0 Å². The Morgan fingerprint density at radius 3 is 2.66 bits per heavy atom. The van der Waals surface area contributed by atoms with E-state index in [4.69, 9.17) is 10.5 Å². The molecule has 1 aliphatic heterocycles. The topological polar surface area (TPSA) is 124 Å². The van der Waals surface area contributed by atoms with Crippen LogP contribution in [0.5, 0.6) is 5.88 Å². The van der Waals surface area contributed by atoms with Crippen molar-refractivity contribution < 1.29 is 26.7 Å². The van der Waals surface area contributed by atoms with Crippen LogP contribution in [0.3, 0.4) is 0 Å². The second-order valence-corrected chi connectivity index (χ2v) is 11.4. The normalized spacial score (nSPS) is 31.2. The van der Waals surface area contributed by atoms with Gasteiger partial charge in [0.05, 0.1) is 12.8 Å². The lowest BCUT2D eigenvalue weighted by Gasteiger charge is -2.48. The Hall–Kier alpha value is -2.92. The molecule has 8 nitrogen and oxygen atoms in total. The summed E-state index contributed by atoms with van der Waals surface area (Å²) < 4.78 is 62.1. The predicted molar refractivity (Wildman–Crippen MR) is 127 cm³/mol. The molecule has 0 unspecified atom stereocenters. The Kier molecular flexibility index (Phi) is 6.43. The van der Waals surface area contributed by atoms with Gasteiger partial charge < -0.3 is 10.5 Å². The number of nitrogens with one attached hydrogen (secondary N) is 1. The largest absolute Gasteiger partial charge is 0.481 e. The molecule has 0 spiro atoms. The van der Waals surface area contributed by atoms with Crippen molar-refractivity contribution in [2.75, 3.05) is 7.11 Å². The molecule has 0 aromatic carbocycles. The molecular formula is C24H28F2N4O4S. The Labute approximate surface area is 203 Å². The zero-order valence-electron chi connectivity index (χ0n) is 19.6. The van der Waals surface area contributed by atoms with Crippen LogP contribution in [0.15, 0.2) is 42.7 Å². The van der Waals surface area contributed by atoms with Crippen molar-refractivity contribution in [1.29, 1.82) is 0 Å². The van der Waals surface area contributed by atoms with Gasteiger partial charge in [0.1, 0.15) is 4.75 Å². The third kappa shape index (κ3) is 4.31. The summed E-state index contributed by atoms with van der Waals surface area (Å²) >= 11 is 0. The number of amides is 1. The number of primary amides is 1. The molecule has 1 saturated heterocycles. The van der Waals surface area contributed by atoms with Crippen LogP contribution in [0.1, 0.15) is 32.4 Å². The first-order valence-electron chi connectivity index (χ1n) is 11.2. The number of allylic oxidation sites excluding steroid dienone is 1. The van der Waals surface area contributed by atoms with Crippen LogP contribution in [0, 0.1) is 17.8 Å². The average Bonchev–Trinajstić information content (AvgIpc) is 2.97. The van der Waals surface area contributed by atoms with Crippen LogP contribution in [-0.4, -0.2) is 48.1 Å². The van der Waals surface area contributed by atoms with Gasteiger partial charge >= 0.3 is 0 Å². The molecule has 1 saturated carbocycles. The SMILES string of the molecule is COc1ncccc1-c1ccc(C=C[C@@H]2[C@@H]3[C@@H](C)NS(=O)(=O)[C@]3(CC(N)=O)CC(F)(F)[C@H]2C)nc1. The van der Waals surface area contributed by atoms with Crippen molar-refractivity contribution in [3.05, 3.63) is 48.4 Å². The van der Waals surface area contributed by atoms with Gasteiger partial charge in [-0.3, -0.25) is 9.78 Å². The van der Waals surface area contributed by atoms with Gasteiger partial charge in [-0.2, -0.15) is 0 Å². The number of carbonyl (C=O) groups excluding carboxylic acids is 1. The third-order valence-corrected chi connectivity index (χ3v) is 9.55. The predicted octanol–water partition coefficient (Wildman–Crippen LogP) is 3.01. The fourth-order valence-corrected chi connectivity index (χ4v) is 7.93. The smallest absolute Gasteiger partial charge is 0.252 e. The number of halogens is 2. The number of aromatic nitrogens is 2. The van der Waals surface area contributed by atoms with Gasteiger partial charge in [0.15, 0.2) is 0 Å². The van der Waals surface area contributed by atoms with E-state index in [1.165, 1.54) is 14.0 Å². The van der Waals surface area contributed by atoms with Gasteiger partial charge in [-0.1, -0.05) is 19.1 Å². The quantitative estimate of drug-likeness (QED) is 0.621. The number of fused-ring (bicyclic) bond motifs is 1. The van der Waals surface area contributed by atoms with Gasteiger partial charge in [0.25, 0.3) is 5.92 Å². The monoisotopic (exact) mass is 506 g/mol. The van der Waals surface area contributed by atoms with Crippen LogP contribution in [0.25, 0.3) is 17.2 Å². The fourth-order valence-electron chi connectivity index (χ4n) is 5.62. The van der Waals surface area contributed by atoms with E-state index < -0.39 is 63.2 Å². The number of pyridine rings is 2. The second kappa shape index (κ2) is 8.94. The van der Waals surface area contributed by atoms with E-state index in [-0.39, 0.29) is 0 Å². The van der Waals surface area contributed by atoms with Gasteiger partial charge in [0.2, 0.25) is 21.8 Å². The first-order valence-corrected chi connectivity index (χ1v) is 12.7. The number of hydrogen-bond acceptors (Lipinski definition) is 6. The molecule has 4 rings (SSSR count). The van der Waals surface area contributed by atoms with Crippen molar-refractivity contribution in [2.45, 2.75) is 43.4 Å². The number of sulfonamides is 1. The fraction of sp³-hybridized carbons (Fsp3) is 0.458. The number of hydrogen-bond donors (Lipinski definition) is 2. The number of nitrogens with two attached hydrogens (primary N) is 1. The minimum atomic E-state index is -4.20. The molecular weight excluding hydrogens is 478 g/mol. The summed E-state index contributed by atoms with van der Waals surface area (Å²) in [5.41, 5.74) is 7.38. The van der Waals surface area contributed by atoms with Gasteiger partial charge in [-0.25, -0.2) is 26.9 Å². The lowest BCUT2D eigenvalue weighted by molar-refractivity contribution is -0.133. The van der Waals surface area contributed by atoms with Gasteiger partial charge in [-0.15, -0.1) is 0 Å². The zero-order chi connectivity index (χ0) is 25.6. The molecule has 2 aromatic rings. The van der Waals surface area contributed by atoms with Crippen molar-refractivity contribution in [2.24, 2.45) is 23.5 Å². The van der Waals surface area contributed by atoms with Crippen LogP contribution >= 0.6 is 0 Å². The Morgan fingerprint density at radius 1 is 1.29 bits per heavy atom. The zero-order valence-corrected chi connectivity index (χ0v) is 20.4. The van der Waals surface area contributed by atoms with Crippen molar-refractivity contribution in [3.63, 3.8) is 0 Å². The molecule has 0 bridgehead atoms. The molecule has 35 heavy (non-hydrogen) atoms. The molecule has 3 N–H and O–H groups in total. The summed E-state index contributed by atoms with van der Waals surface area (Å²) in [6.45, 7) is 3.04. The summed E-state index contributed by atoms with van der Waals surface area (Å²) in [6, 6.07) is 6.53. The lowest BCUT2D eigenvalue weighted by Crippen LogP contribution is -2.58. The average molecular weight is 507 g/mol. The van der Waals surface area contributed by atoms with Crippen LogP contribution in [0.2, 0.25) is 0 Å². The second-order valence-electron chi connectivity index (χ2n) is 9.34. The van der Waals surface area contributed by atoms with E-state index in [0.717, 1.165) is 11.1 Å². The first-order chi connectivity index (χ1) is 16.4. The number of rotatable bonds is 6. The van der Waals surface area contributed by atoms with E-state index in [2.05, 4.69) is 14.7 Å². The summed E-state index contributed by atoms with van der Waals surface area (Å²) in [6.07, 6.45) is 4.83.